The molecule has 6 nitrogen and oxygen atoms in total. The highest BCUT2D eigenvalue weighted by Crippen LogP contribution is 2.21. The molecule has 1 aromatic carbocycles. The van der Waals surface area contributed by atoms with Gasteiger partial charge in [0.1, 0.15) is 0 Å². The van der Waals surface area contributed by atoms with E-state index in [1.807, 2.05) is 7.05 Å². The molecule has 0 aliphatic carbocycles. The predicted molar refractivity (Wildman–Crippen MR) is 123 cm³/mol. The van der Waals surface area contributed by atoms with Crippen LogP contribution in [-0.4, -0.2) is 85.7 Å². The van der Waals surface area contributed by atoms with E-state index in [9.17, 15) is 0 Å². The number of hydrogen-bond donors (Lipinski definition) is 1. The van der Waals surface area contributed by atoms with Gasteiger partial charge in [-0.25, -0.2) is 0 Å². The second kappa shape index (κ2) is 10.6. The summed E-state index contributed by atoms with van der Waals surface area (Å²) >= 11 is 0. The van der Waals surface area contributed by atoms with Gasteiger partial charge < -0.3 is 15.0 Å². The highest BCUT2D eigenvalue weighted by molar-refractivity contribution is 5.80. The SMILES string of the molecule is CN=C(NCc1ccccc1CN1CCCCC1C)N1CCC(N2CCOCC2)C1. The second-order valence-corrected chi connectivity index (χ2v) is 9.02. The number of aliphatic imine (C=N–C) groups is 1. The molecule has 2 atom stereocenters. The van der Waals surface area contributed by atoms with E-state index in [0.717, 1.165) is 58.4 Å². The summed E-state index contributed by atoms with van der Waals surface area (Å²) in [5.74, 6) is 1.03. The molecule has 1 aromatic rings. The molecule has 3 saturated heterocycles. The minimum absolute atomic E-state index is 0.625. The molecule has 6 heteroatoms. The summed E-state index contributed by atoms with van der Waals surface area (Å²) in [6.07, 6.45) is 5.24. The van der Waals surface area contributed by atoms with Crippen LogP contribution < -0.4 is 5.32 Å². The third-order valence-corrected chi connectivity index (χ3v) is 7.11. The van der Waals surface area contributed by atoms with Crippen LogP contribution in [0.2, 0.25) is 0 Å². The number of guanidine groups is 1. The van der Waals surface area contributed by atoms with Crippen LogP contribution in [-0.2, 0) is 17.8 Å². The number of benzene rings is 1. The summed E-state index contributed by atoms with van der Waals surface area (Å²) in [6.45, 7) is 11.5. The van der Waals surface area contributed by atoms with E-state index in [-0.39, 0.29) is 0 Å². The first-order valence-electron chi connectivity index (χ1n) is 11.8. The Kier molecular flexibility index (Phi) is 7.63. The minimum atomic E-state index is 0.625. The molecule has 30 heavy (non-hydrogen) atoms. The Morgan fingerprint density at radius 3 is 2.63 bits per heavy atom. The molecule has 3 heterocycles. The van der Waals surface area contributed by atoms with Crippen molar-refractivity contribution in [2.75, 3.05) is 53.0 Å². The standard InChI is InChI=1S/C24H39N5O/c1-20-7-5-6-11-28(20)18-22-9-4-3-8-21(22)17-26-24(25-2)29-12-10-23(19-29)27-13-15-30-16-14-27/h3-4,8-9,20,23H,5-7,10-19H2,1-2H3,(H,25,26). The van der Waals surface area contributed by atoms with E-state index in [1.165, 1.54) is 43.4 Å². The fraction of sp³-hybridized carbons (Fsp3) is 0.708. The van der Waals surface area contributed by atoms with Crippen LogP contribution in [0, 0.1) is 0 Å². The summed E-state index contributed by atoms with van der Waals surface area (Å²) in [5, 5.41) is 3.65. The van der Waals surface area contributed by atoms with E-state index in [2.05, 4.69) is 56.2 Å². The van der Waals surface area contributed by atoms with Crippen LogP contribution in [0.5, 0.6) is 0 Å². The van der Waals surface area contributed by atoms with Crippen molar-refractivity contribution >= 4 is 5.96 Å². The number of likely N-dealkylation sites (tertiary alicyclic amines) is 2. The molecule has 0 bridgehead atoms. The van der Waals surface area contributed by atoms with E-state index in [4.69, 9.17) is 4.74 Å². The average molecular weight is 414 g/mol. The zero-order chi connectivity index (χ0) is 20.8. The Bertz CT molecular complexity index is 703. The Hall–Kier alpha value is -1.63. The Morgan fingerprint density at radius 1 is 1.07 bits per heavy atom. The van der Waals surface area contributed by atoms with Crippen LogP contribution in [0.4, 0.5) is 0 Å². The minimum Gasteiger partial charge on any atom is -0.379 e. The summed E-state index contributed by atoms with van der Waals surface area (Å²) in [7, 11) is 1.91. The maximum absolute atomic E-state index is 5.52. The topological polar surface area (TPSA) is 43.3 Å². The van der Waals surface area contributed by atoms with Crippen molar-refractivity contribution in [1.29, 1.82) is 0 Å². The van der Waals surface area contributed by atoms with Crippen molar-refractivity contribution in [2.45, 2.75) is 57.8 Å². The molecule has 2 unspecified atom stereocenters. The number of nitrogens with zero attached hydrogens (tertiary/aromatic N) is 4. The summed E-state index contributed by atoms with van der Waals surface area (Å²) in [5.41, 5.74) is 2.84. The lowest BCUT2D eigenvalue weighted by Gasteiger charge is -2.34. The van der Waals surface area contributed by atoms with Crippen molar-refractivity contribution < 1.29 is 4.74 Å². The monoisotopic (exact) mass is 413 g/mol. The molecule has 0 saturated carbocycles. The van der Waals surface area contributed by atoms with Crippen LogP contribution >= 0.6 is 0 Å². The van der Waals surface area contributed by atoms with Gasteiger partial charge >= 0.3 is 0 Å². The number of nitrogens with one attached hydrogen (secondary N) is 1. The van der Waals surface area contributed by atoms with Crippen molar-refractivity contribution in [2.24, 2.45) is 4.99 Å². The van der Waals surface area contributed by atoms with Crippen LogP contribution in [0.25, 0.3) is 0 Å². The fourth-order valence-electron chi connectivity index (χ4n) is 5.18. The van der Waals surface area contributed by atoms with Gasteiger partial charge in [0.15, 0.2) is 5.96 Å². The van der Waals surface area contributed by atoms with Gasteiger partial charge in [-0.15, -0.1) is 0 Å². The first-order valence-corrected chi connectivity index (χ1v) is 11.8. The molecular formula is C24H39N5O. The molecule has 3 aliphatic rings. The zero-order valence-corrected chi connectivity index (χ0v) is 18.9. The molecular weight excluding hydrogens is 374 g/mol. The van der Waals surface area contributed by atoms with E-state index in [1.54, 1.807) is 0 Å². The summed E-state index contributed by atoms with van der Waals surface area (Å²) in [6, 6.07) is 10.2. The highest BCUT2D eigenvalue weighted by atomic mass is 16.5. The van der Waals surface area contributed by atoms with E-state index >= 15 is 0 Å². The lowest BCUT2D eigenvalue weighted by atomic mass is 10.0. The van der Waals surface area contributed by atoms with Gasteiger partial charge in [0.05, 0.1) is 13.2 Å². The van der Waals surface area contributed by atoms with Crippen molar-refractivity contribution in [3.8, 4) is 0 Å². The highest BCUT2D eigenvalue weighted by Gasteiger charge is 2.30. The van der Waals surface area contributed by atoms with Gasteiger partial charge in [0, 0.05) is 58.4 Å². The van der Waals surface area contributed by atoms with Crippen molar-refractivity contribution in [3.05, 3.63) is 35.4 Å². The van der Waals surface area contributed by atoms with Crippen LogP contribution in [0.1, 0.15) is 43.7 Å². The van der Waals surface area contributed by atoms with Gasteiger partial charge in [-0.2, -0.15) is 0 Å². The lowest BCUT2D eigenvalue weighted by molar-refractivity contribution is 0.0195. The number of hydrogen-bond acceptors (Lipinski definition) is 4. The number of ether oxygens (including phenoxy) is 1. The maximum atomic E-state index is 5.52. The number of piperidine rings is 1. The van der Waals surface area contributed by atoms with Gasteiger partial charge in [0.2, 0.25) is 0 Å². The third kappa shape index (κ3) is 5.34. The van der Waals surface area contributed by atoms with Gasteiger partial charge in [-0.3, -0.25) is 14.8 Å². The normalized spacial score (nSPS) is 26.9. The van der Waals surface area contributed by atoms with Gasteiger partial charge in [-0.1, -0.05) is 30.7 Å². The number of morpholine rings is 1. The molecule has 4 rings (SSSR count). The smallest absolute Gasteiger partial charge is 0.193 e. The molecule has 0 amide bonds. The lowest BCUT2D eigenvalue weighted by Crippen LogP contribution is -2.46. The molecule has 0 aromatic heterocycles. The van der Waals surface area contributed by atoms with E-state index < -0.39 is 0 Å². The number of rotatable bonds is 5. The maximum Gasteiger partial charge on any atom is 0.193 e. The van der Waals surface area contributed by atoms with Gasteiger partial charge in [-0.05, 0) is 43.9 Å². The fourth-order valence-corrected chi connectivity index (χ4v) is 5.18. The van der Waals surface area contributed by atoms with Crippen LogP contribution in [0.3, 0.4) is 0 Å². The van der Waals surface area contributed by atoms with Crippen molar-refractivity contribution in [1.82, 2.24) is 20.0 Å². The first-order chi connectivity index (χ1) is 14.7. The van der Waals surface area contributed by atoms with E-state index in [0.29, 0.717) is 12.1 Å². The average Bonchev–Trinajstić information content (AvgIpc) is 3.27. The predicted octanol–water partition coefficient (Wildman–Crippen LogP) is 2.54. The zero-order valence-electron chi connectivity index (χ0n) is 18.9. The molecule has 0 radical (unpaired) electrons. The third-order valence-electron chi connectivity index (χ3n) is 7.11. The largest absolute Gasteiger partial charge is 0.379 e. The molecule has 1 N–H and O–H groups in total. The molecule has 166 valence electrons. The molecule has 3 aliphatic heterocycles. The van der Waals surface area contributed by atoms with Crippen molar-refractivity contribution in [3.63, 3.8) is 0 Å². The Labute approximate surface area is 182 Å². The first kappa shape index (κ1) is 21.6. The Balaban J connectivity index is 1.33. The summed E-state index contributed by atoms with van der Waals surface area (Å²) in [4.78, 5) is 12.3. The molecule has 0 spiro atoms. The van der Waals surface area contributed by atoms with Gasteiger partial charge in [0.25, 0.3) is 0 Å². The quantitative estimate of drug-likeness (QED) is 0.594. The molecule has 3 fully saturated rings. The Morgan fingerprint density at radius 2 is 1.87 bits per heavy atom. The van der Waals surface area contributed by atoms with Crippen LogP contribution in [0.15, 0.2) is 29.3 Å². The summed E-state index contributed by atoms with van der Waals surface area (Å²) < 4.78 is 5.52. The second-order valence-electron chi connectivity index (χ2n) is 9.02.